The molecular weight excluding hydrogens is 416 g/mol. The molecule has 2 N–H and O–H groups in total. The van der Waals surface area contributed by atoms with E-state index in [2.05, 4.69) is 20.4 Å². The summed E-state index contributed by atoms with van der Waals surface area (Å²) in [6.07, 6.45) is -5.97. The summed E-state index contributed by atoms with van der Waals surface area (Å²) < 4.78 is 68.4. The fraction of sp³-hybridized carbons (Fsp3) is 0.529. The Morgan fingerprint density at radius 2 is 2.07 bits per heavy atom. The third kappa shape index (κ3) is 4.01. The molecule has 30 heavy (non-hydrogen) atoms. The van der Waals surface area contributed by atoms with Crippen molar-refractivity contribution >= 4 is 11.8 Å². The van der Waals surface area contributed by atoms with Gasteiger partial charge in [0.2, 0.25) is 11.7 Å². The average Bonchev–Trinajstić information content (AvgIpc) is 3.06. The average molecular weight is 434 g/mol. The number of pyridine rings is 1. The first-order valence-electron chi connectivity index (χ1n) is 8.68. The molecule has 2 aromatic rings. The Hall–Kier alpha value is -2.96. The lowest BCUT2D eigenvalue weighted by molar-refractivity contribution is -0.190. The third-order valence-electron chi connectivity index (χ3n) is 4.56. The fourth-order valence-corrected chi connectivity index (χ4v) is 2.60. The normalized spacial score (nSPS) is 18.8. The first kappa shape index (κ1) is 21.7. The Kier molecular flexibility index (Phi) is 5.35. The zero-order chi connectivity index (χ0) is 22.3. The van der Waals surface area contributed by atoms with E-state index >= 15 is 0 Å². The molecule has 0 aromatic carbocycles. The number of aliphatic carboxylic acids is 1. The van der Waals surface area contributed by atoms with Crippen molar-refractivity contribution in [1.29, 1.82) is 0 Å². The van der Waals surface area contributed by atoms with Gasteiger partial charge in [-0.15, -0.1) is 0 Å². The molecule has 0 saturated carbocycles. The van der Waals surface area contributed by atoms with Gasteiger partial charge in [0, 0.05) is 19.2 Å². The molecule has 1 aliphatic heterocycles. The maximum absolute atomic E-state index is 14.8. The molecule has 0 amide bonds. The topological polar surface area (TPSA) is 120 Å². The van der Waals surface area contributed by atoms with E-state index in [1.165, 1.54) is 13.8 Å². The third-order valence-corrected chi connectivity index (χ3v) is 4.56. The van der Waals surface area contributed by atoms with Gasteiger partial charge in [0.15, 0.2) is 17.3 Å². The van der Waals surface area contributed by atoms with Crippen LogP contribution in [0.3, 0.4) is 0 Å². The van der Waals surface area contributed by atoms with Crippen LogP contribution < -0.4 is 10.1 Å². The van der Waals surface area contributed by atoms with E-state index in [-0.39, 0.29) is 36.3 Å². The second-order valence-corrected chi connectivity index (χ2v) is 7.02. The highest BCUT2D eigenvalue weighted by Crippen LogP contribution is 2.41. The maximum atomic E-state index is 14.8. The Bertz CT molecular complexity index is 946. The van der Waals surface area contributed by atoms with Crippen molar-refractivity contribution < 1.29 is 41.5 Å². The minimum atomic E-state index is -4.70. The summed E-state index contributed by atoms with van der Waals surface area (Å²) in [5.74, 6) is -2.18. The van der Waals surface area contributed by atoms with Gasteiger partial charge in [-0.1, -0.05) is 5.16 Å². The number of hydrogen-bond acceptors (Lipinski definition) is 8. The van der Waals surface area contributed by atoms with E-state index < -0.39 is 35.2 Å². The number of aryl methyl sites for hydroxylation is 1. The number of halogens is 4. The largest absolute Gasteiger partial charge is 0.481 e. The van der Waals surface area contributed by atoms with Crippen molar-refractivity contribution in [3.8, 4) is 5.75 Å². The van der Waals surface area contributed by atoms with Crippen LogP contribution in [0.25, 0.3) is 0 Å². The minimum Gasteiger partial charge on any atom is -0.481 e. The first-order valence-corrected chi connectivity index (χ1v) is 8.68. The number of rotatable bonds is 7. The SMILES string of the molecule is Cc1nc(C(C)(Nc2cc(O[C@@H](C)C(F)(F)F)c(C3(F)COC3)cn2)C(=O)O)no1. The number of nitrogens with zero attached hydrogens (tertiary/aromatic N) is 3. The molecule has 13 heteroatoms. The highest BCUT2D eigenvalue weighted by molar-refractivity contribution is 5.82. The van der Waals surface area contributed by atoms with Crippen molar-refractivity contribution in [3.63, 3.8) is 0 Å². The van der Waals surface area contributed by atoms with E-state index in [9.17, 15) is 27.5 Å². The van der Waals surface area contributed by atoms with Crippen molar-refractivity contribution in [2.75, 3.05) is 18.5 Å². The van der Waals surface area contributed by atoms with Crippen LogP contribution in [0.15, 0.2) is 16.8 Å². The first-order chi connectivity index (χ1) is 13.8. The highest BCUT2D eigenvalue weighted by atomic mass is 19.4. The van der Waals surface area contributed by atoms with Gasteiger partial charge in [-0.25, -0.2) is 14.2 Å². The summed E-state index contributed by atoms with van der Waals surface area (Å²) in [7, 11) is 0. The van der Waals surface area contributed by atoms with E-state index in [4.69, 9.17) is 14.0 Å². The molecule has 0 radical (unpaired) electrons. The van der Waals surface area contributed by atoms with Gasteiger partial charge in [0.25, 0.3) is 0 Å². The van der Waals surface area contributed by atoms with Crippen molar-refractivity contribution in [3.05, 3.63) is 29.5 Å². The summed E-state index contributed by atoms with van der Waals surface area (Å²) in [6.45, 7) is 2.70. The van der Waals surface area contributed by atoms with Crippen LogP contribution in [0.1, 0.15) is 31.1 Å². The van der Waals surface area contributed by atoms with Crippen LogP contribution in [0, 0.1) is 6.92 Å². The zero-order valence-electron chi connectivity index (χ0n) is 16.1. The molecule has 1 saturated heterocycles. The van der Waals surface area contributed by atoms with E-state index in [0.29, 0.717) is 0 Å². The predicted molar refractivity (Wildman–Crippen MR) is 91.6 cm³/mol. The molecule has 0 bridgehead atoms. The molecule has 1 unspecified atom stereocenters. The van der Waals surface area contributed by atoms with Crippen LogP contribution in [0.5, 0.6) is 5.75 Å². The van der Waals surface area contributed by atoms with Gasteiger partial charge in [-0.05, 0) is 13.8 Å². The summed E-state index contributed by atoms with van der Waals surface area (Å²) >= 11 is 0. The molecule has 1 aliphatic rings. The van der Waals surface area contributed by atoms with Crippen LogP contribution >= 0.6 is 0 Å². The summed E-state index contributed by atoms with van der Waals surface area (Å²) in [5, 5.41) is 15.8. The zero-order valence-corrected chi connectivity index (χ0v) is 16.1. The van der Waals surface area contributed by atoms with Gasteiger partial charge in [-0.3, -0.25) is 0 Å². The number of alkyl halides is 4. The maximum Gasteiger partial charge on any atom is 0.425 e. The molecular formula is C17H18F4N4O5. The lowest BCUT2D eigenvalue weighted by Crippen LogP contribution is -2.44. The molecule has 3 rings (SSSR count). The Morgan fingerprint density at radius 1 is 1.40 bits per heavy atom. The standard InChI is InChI=1S/C17H18F4N4O5/c1-8(17(19,20)21)29-11-4-12(22-5-10(11)16(18)6-28-7-16)24-15(3,14(26)27)13-23-9(2)30-25-13/h4-5,8H,6-7H2,1-3H3,(H,22,24)(H,26,27)/t8-,15?/m0/s1. The smallest absolute Gasteiger partial charge is 0.425 e. The minimum absolute atomic E-state index is 0.106. The molecule has 164 valence electrons. The number of nitrogens with one attached hydrogen (secondary N) is 1. The van der Waals surface area contributed by atoms with Crippen LogP contribution in [-0.4, -0.2) is 51.7 Å². The molecule has 3 heterocycles. The van der Waals surface area contributed by atoms with Gasteiger partial charge in [0.05, 0.1) is 18.8 Å². The molecule has 2 atom stereocenters. The number of carboxylic acid groups (broad SMARTS) is 1. The molecule has 1 fully saturated rings. The fourth-order valence-electron chi connectivity index (χ4n) is 2.60. The Morgan fingerprint density at radius 3 is 2.53 bits per heavy atom. The summed E-state index contributed by atoms with van der Waals surface area (Å²) in [5.41, 5.74) is -4.23. The second-order valence-electron chi connectivity index (χ2n) is 7.02. The Labute approximate surface area is 167 Å². The quantitative estimate of drug-likeness (QED) is 0.634. The molecule has 0 aliphatic carbocycles. The predicted octanol–water partition coefficient (Wildman–Crippen LogP) is 2.71. The summed E-state index contributed by atoms with van der Waals surface area (Å²) in [4.78, 5) is 19.7. The van der Waals surface area contributed by atoms with Gasteiger partial charge >= 0.3 is 12.1 Å². The van der Waals surface area contributed by atoms with Crippen LogP contribution in [0.2, 0.25) is 0 Å². The van der Waals surface area contributed by atoms with Crippen LogP contribution in [-0.2, 0) is 20.7 Å². The second kappa shape index (κ2) is 7.38. The number of carbonyl (C=O) groups is 1. The Balaban J connectivity index is 1.99. The van der Waals surface area contributed by atoms with Gasteiger partial charge in [0.1, 0.15) is 11.6 Å². The van der Waals surface area contributed by atoms with Crippen molar-refractivity contribution in [2.24, 2.45) is 0 Å². The molecule has 9 nitrogen and oxygen atoms in total. The van der Waals surface area contributed by atoms with E-state index in [0.717, 1.165) is 19.2 Å². The van der Waals surface area contributed by atoms with E-state index in [1.807, 2.05) is 0 Å². The lowest BCUT2D eigenvalue weighted by Gasteiger charge is -2.35. The van der Waals surface area contributed by atoms with E-state index in [1.54, 1.807) is 0 Å². The van der Waals surface area contributed by atoms with Gasteiger partial charge < -0.3 is 24.4 Å². The molecule has 0 spiro atoms. The van der Waals surface area contributed by atoms with Gasteiger partial charge in [-0.2, -0.15) is 18.2 Å². The van der Waals surface area contributed by atoms with Crippen molar-refractivity contribution in [1.82, 2.24) is 15.1 Å². The lowest BCUT2D eigenvalue weighted by atomic mass is 9.94. The summed E-state index contributed by atoms with van der Waals surface area (Å²) in [6, 6.07) is 0.991. The number of carboxylic acids is 1. The molecule has 2 aromatic heterocycles. The highest BCUT2D eigenvalue weighted by Gasteiger charge is 2.46. The monoisotopic (exact) mass is 434 g/mol. The number of aromatic nitrogens is 3. The van der Waals surface area contributed by atoms with Crippen molar-refractivity contribution in [2.45, 2.75) is 44.3 Å². The number of hydrogen-bond donors (Lipinski definition) is 2. The number of anilines is 1. The number of ether oxygens (including phenoxy) is 2. The van der Waals surface area contributed by atoms with Crippen LogP contribution in [0.4, 0.5) is 23.4 Å².